The van der Waals surface area contributed by atoms with Crippen LogP contribution < -0.4 is 5.32 Å². The summed E-state index contributed by atoms with van der Waals surface area (Å²) in [6.45, 7) is 8.58. The normalized spacial score (nSPS) is 10.8. The monoisotopic (exact) mass is 287 g/mol. The number of carboxylic acid groups (broad SMARTS) is 1. The molecule has 0 radical (unpaired) electrons. The van der Waals surface area contributed by atoms with Gasteiger partial charge in [0.25, 0.3) is 0 Å². The minimum absolute atomic E-state index is 0.306. The number of benzene rings is 1. The molecule has 1 aromatic heterocycles. The zero-order valence-corrected chi connectivity index (χ0v) is 12.7. The average molecular weight is 287 g/mol. The second-order valence-electron chi connectivity index (χ2n) is 5.09. The van der Waals surface area contributed by atoms with Gasteiger partial charge in [-0.25, -0.2) is 4.79 Å². The Balaban J connectivity index is 2.17. The summed E-state index contributed by atoms with van der Waals surface area (Å²) in [5.74, 6) is -0.902. The van der Waals surface area contributed by atoms with Gasteiger partial charge in [-0.3, -0.25) is 4.68 Å². The molecule has 0 saturated carbocycles. The maximum atomic E-state index is 10.8. The third kappa shape index (κ3) is 3.49. The van der Waals surface area contributed by atoms with Crippen molar-refractivity contribution >= 4 is 5.97 Å². The van der Waals surface area contributed by atoms with Crippen molar-refractivity contribution in [2.45, 2.75) is 33.9 Å². The Bertz CT molecular complexity index is 630. The SMILES string of the molecule is CCNCc1c(C)nn(Cc2ccc(C(=O)O)cc2)c1C. The highest BCUT2D eigenvalue weighted by Crippen LogP contribution is 2.15. The van der Waals surface area contributed by atoms with Crippen LogP contribution in [0.1, 0.15) is 39.8 Å². The van der Waals surface area contributed by atoms with Gasteiger partial charge >= 0.3 is 5.97 Å². The molecule has 1 aromatic carbocycles. The van der Waals surface area contributed by atoms with Gasteiger partial charge in [-0.15, -0.1) is 0 Å². The van der Waals surface area contributed by atoms with E-state index in [9.17, 15) is 4.79 Å². The number of carbonyl (C=O) groups is 1. The van der Waals surface area contributed by atoms with Crippen molar-refractivity contribution in [3.8, 4) is 0 Å². The first-order chi connectivity index (χ1) is 10.0. The van der Waals surface area contributed by atoms with E-state index in [1.807, 2.05) is 23.7 Å². The van der Waals surface area contributed by atoms with Crippen molar-refractivity contribution in [2.75, 3.05) is 6.54 Å². The molecule has 0 spiro atoms. The van der Waals surface area contributed by atoms with Crippen molar-refractivity contribution in [3.63, 3.8) is 0 Å². The Hall–Kier alpha value is -2.14. The maximum Gasteiger partial charge on any atom is 0.335 e. The highest BCUT2D eigenvalue weighted by Gasteiger charge is 2.11. The van der Waals surface area contributed by atoms with E-state index in [1.54, 1.807) is 12.1 Å². The number of aryl methyl sites for hydroxylation is 1. The third-order valence-corrected chi connectivity index (χ3v) is 3.62. The number of aromatic nitrogens is 2. The van der Waals surface area contributed by atoms with Gasteiger partial charge in [-0.1, -0.05) is 19.1 Å². The van der Waals surface area contributed by atoms with Crippen molar-refractivity contribution in [1.29, 1.82) is 0 Å². The van der Waals surface area contributed by atoms with E-state index in [4.69, 9.17) is 5.11 Å². The molecule has 0 atom stereocenters. The average Bonchev–Trinajstić information content (AvgIpc) is 2.72. The van der Waals surface area contributed by atoms with E-state index in [0.717, 1.165) is 30.0 Å². The third-order valence-electron chi connectivity index (χ3n) is 3.62. The van der Waals surface area contributed by atoms with Gasteiger partial charge in [-0.2, -0.15) is 5.10 Å². The molecule has 5 nitrogen and oxygen atoms in total. The minimum atomic E-state index is -0.902. The maximum absolute atomic E-state index is 10.8. The van der Waals surface area contributed by atoms with E-state index < -0.39 is 5.97 Å². The Morgan fingerprint density at radius 1 is 1.29 bits per heavy atom. The number of rotatable bonds is 6. The number of nitrogens with one attached hydrogen (secondary N) is 1. The second kappa shape index (κ2) is 6.54. The second-order valence-corrected chi connectivity index (χ2v) is 5.09. The summed E-state index contributed by atoms with van der Waals surface area (Å²) in [7, 11) is 0. The first kappa shape index (κ1) is 15.3. The number of hydrogen-bond acceptors (Lipinski definition) is 3. The zero-order chi connectivity index (χ0) is 15.4. The van der Waals surface area contributed by atoms with Crippen LogP contribution in [0.3, 0.4) is 0 Å². The molecule has 0 aliphatic rings. The molecule has 0 fully saturated rings. The summed E-state index contributed by atoms with van der Waals surface area (Å²) in [5, 5.41) is 16.8. The summed E-state index contributed by atoms with van der Waals surface area (Å²) in [6, 6.07) is 6.93. The van der Waals surface area contributed by atoms with Gasteiger partial charge in [0.15, 0.2) is 0 Å². The lowest BCUT2D eigenvalue weighted by atomic mass is 10.1. The highest BCUT2D eigenvalue weighted by atomic mass is 16.4. The predicted octanol–water partition coefficient (Wildman–Crippen LogP) is 2.36. The lowest BCUT2D eigenvalue weighted by molar-refractivity contribution is 0.0697. The molecule has 2 N–H and O–H groups in total. The van der Waals surface area contributed by atoms with E-state index >= 15 is 0 Å². The molecule has 0 unspecified atom stereocenters. The van der Waals surface area contributed by atoms with Crippen LogP contribution in [-0.2, 0) is 13.1 Å². The summed E-state index contributed by atoms with van der Waals surface area (Å²) in [6.07, 6.45) is 0. The number of carboxylic acids is 1. The van der Waals surface area contributed by atoms with Crippen molar-refractivity contribution < 1.29 is 9.90 Å². The summed E-state index contributed by atoms with van der Waals surface area (Å²) in [5.41, 5.74) is 4.77. The summed E-state index contributed by atoms with van der Waals surface area (Å²) < 4.78 is 1.97. The molecule has 21 heavy (non-hydrogen) atoms. The van der Waals surface area contributed by atoms with Gasteiger partial charge in [0.05, 0.1) is 17.8 Å². The Morgan fingerprint density at radius 2 is 1.95 bits per heavy atom. The predicted molar refractivity (Wildman–Crippen MR) is 81.6 cm³/mol. The lowest BCUT2D eigenvalue weighted by Gasteiger charge is -2.06. The zero-order valence-electron chi connectivity index (χ0n) is 12.7. The Morgan fingerprint density at radius 3 is 2.52 bits per heavy atom. The first-order valence-corrected chi connectivity index (χ1v) is 7.08. The van der Waals surface area contributed by atoms with Gasteiger partial charge < -0.3 is 10.4 Å². The van der Waals surface area contributed by atoms with E-state index in [0.29, 0.717) is 12.1 Å². The van der Waals surface area contributed by atoms with Crippen molar-refractivity contribution in [2.24, 2.45) is 0 Å². The fraction of sp³-hybridized carbons (Fsp3) is 0.375. The largest absolute Gasteiger partial charge is 0.478 e. The van der Waals surface area contributed by atoms with Crippen LogP contribution in [0.2, 0.25) is 0 Å². The van der Waals surface area contributed by atoms with Crippen LogP contribution in [0.5, 0.6) is 0 Å². The molecule has 0 aliphatic carbocycles. The topological polar surface area (TPSA) is 67.2 Å². The molecular weight excluding hydrogens is 266 g/mol. The number of aromatic carboxylic acids is 1. The van der Waals surface area contributed by atoms with Crippen LogP contribution in [-0.4, -0.2) is 27.4 Å². The van der Waals surface area contributed by atoms with E-state index in [1.165, 1.54) is 5.56 Å². The lowest BCUT2D eigenvalue weighted by Crippen LogP contribution is -2.13. The quantitative estimate of drug-likeness (QED) is 0.856. The highest BCUT2D eigenvalue weighted by molar-refractivity contribution is 5.87. The fourth-order valence-electron chi connectivity index (χ4n) is 2.32. The minimum Gasteiger partial charge on any atom is -0.478 e. The number of nitrogens with zero attached hydrogens (tertiary/aromatic N) is 2. The molecule has 0 bridgehead atoms. The Labute approximate surface area is 124 Å². The van der Waals surface area contributed by atoms with Gasteiger partial charge in [0.2, 0.25) is 0 Å². The van der Waals surface area contributed by atoms with Gasteiger partial charge in [0, 0.05) is 17.8 Å². The molecular formula is C16H21N3O2. The van der Waals surface area contributed by atoms with Gasteiger partial charge in [0.1, 0.15) is 0 Å². The summed E-state index contributed by atoms with van der Waals surface area (Å²) >= 11 is 0. The molecule has 112 valence electrons. The standard InChI is InChI=1S/C16H21N3O2/c1-4-17-9-15-11(2)18-19(12(15)3)10-13-5-7-14(8-6-13)16(20)21/h5-8,17H,4,9-10H2,1-3H3,(H,20,21). The summed E-state index contributed by atoms with van der Waals surface area (Å²) in [4.78, 5) is 10.8. The van der Waals surface area contributed by atoms with Crippen molar-refractivity contribution in [3.05, 3.63) is 52.3 Å². The van der Waals surface area contributed by atoms with Crippen molar-refractivity contribution in [1.82, 2.24) is 15.1 Å². The van der Waals surface area contributed by atoms with Crippen LogP contribution >= 0.6 is 0 Å². The molecule has 0 saturated heterocycles. The first-order valence-electron chi connectivity index (χ1n) is 7.08. The van der Waals surface area contributed by atoms with Crippen LogP contribution in [0, 0.1) is 13.8 Å². The molecule has 0 amide bonds. The molecule has 5 heteroatoms. The van der Waals surface area contributed by atoms with E-state index in [-0.39, 0.29) is 0 Å². The van der Waals surface area contributed by atoms with Gasteiger partial charge in [-0.05, 0) is 38.1 Å². The molecule has 0 aliphatic heterocycles. The molecule has 2 aromatic rings. The molecule has 1 heterocycles. The fourth-order valence-corrected chi connectivity index (χ4v) is 2.32. The molecule has 2 rings (SSSR count). The number of hydrogen-bond donors (Lipinski definition) is 2. The van der Waals surface area contributed by atoms with Crippen LogP contribution in [0.15, 0.2) is 24.3 Å². The van der Waals surface area contributed by atoms with Crippen LogP contribution in [0.4, 0.5) is 0 Å². The smallest absolute Gasteiger partial charge is 0.335 e. The van der Waals surface area contributed by atoms with E-state index in [2.05, 4.69) is 24.3 Å². The van der Waals surface area contributed by atoms with Crippen LogP contribution in [0.25, 0.3) is 0 Å². The Kier molecular flexibility index (Phi) is 4.75.